The summed E-state index contributed by atoms with van der Waals surface area (Å²) < 4.78 is 2.49. The molecule has 0 spiro atoms. The van der Waals surface area contributed by atoms with E-state index in [0.29, 0.717) is 29.1 Å². The van der Waals surface area contributed by atoms with E-state index >= 15 is 0 Å². The fraction of sp³-hybridized carbons (Fsp3) is 0.409. The van der Waals surface area contributed by atoms with Crippen LogP contribution in [0.2, 0.25) is 4.34 Å². The van der Waals surface area contributed by atoms with Crippen LogP contribution in [0.1, 0.15) is 24.8 Å². The molecular formula is C22H25ClN4O2S2. The number of rotatable bonds is 6. The van der Waals surface area contributed by atoms with Gasteiger partial charge in [0.05, 0.1) is 21.0 Å². The van der Waals surface area contributed by atoms with Crippen molar-refractivity contribution in [2.24, 2.45) is 0 Å². The topological polar surface area (TPSA) is 58.4 Å². The van der Waals surface area contributed by atoms with Crippen LogP contribution in [-0.2, 0) is 11.3 Å². The third-order valence-corrected chi connectivity index (χ3v) is 7.50. The molecule has 9 heteroatoms. The number of halogens is 1. The highest BCUT2D eigenvalue weighted by Crippen LogP contribution is 2.24. The van der Waals surface area contributed by atoms with Gasteiger partial charge in [-0.2, -0.15) is 0 Å². The van der Waals surface area contributed by atoms with Gasteiger partial charge in [-0.25, -0.2) is 4.98 Å². The summed E-state index contributed by atoms with van der Waals surface area (Å²) in [5, 5.41) is 1.20. The number of para-hydroxylation sites is 1. The van der Waals surface area contributed by atoms with E-state index in [1.165, 1.54) is 16.6 Å². The average molecular weight is 477 g/mol. The molecule has 3 heterocycles. The molecule has 1 fully saturated rings. The van der Waals surface area contributed by atoms with Crippen molar-refractivity contribution in [3.05, 3.63) is 56.0 Å². The van der Waals surface area contributed by atoms with Crippen LogP contribution in [0.4, 0.5) is 0 Å². The van der Waals surface area contributed by atoms with Crippen molar-refractivity contribution >= 4 is 51.5 Å². The van der Waals surface area contributed by atoms with Crippen LogP contribution in [0.25, 0.3) is 10.9 Å². The van der Waals surface area contributed by atoms with Crippen LogP contribution >= 0.6 is 34.7 Å². The van der Waals surface area contributed by atoms with Crippen molar-refractivity contribution in [2.75, 3.05) is 31.9 Å². The molecule has 2 aromatic heterocycles. The van der Waals surface area contributed by atoms with E-state index in [-0.39, 0.29) is 23.3 Å². The van der Waals surface area contributed by atoms with Crippen molar-refractivity contribution in [1.82, 2.24) is 19.4 Å². The summed E-state index contributed by atoms with van der Waals surface area (Å²) in [6.45, 7) is 7.90. The number of thiophene rings is 1. The molecule has 1 aliphatic heterocycles. The van der Waals surface area contributed by atoms with Crippen LogP contribution in [0.3, 0.4) is 0 Å². The summed E-state index contributed by atoms with van der Waals surface area (Å²) in [4.78, 5) is 35.9. The standard InChI is InChI=1S/C22H25ClN4O2S2/c1-15(2)27-21(29)17-5-3-4-6-18(17)24-22(27)30-14-20(28)26-11-9-25(10-12-26)13-16-7-8-19(23)31-16/h3-8,15H,9-14H2,1-2H3. The van der Waals surface area contributed by atoms with Gasteiger partial charge in [-0.05, 0) is 38.1 Å². The Bertz CT molecular complexity index is 1140. The van der Waals surface area contributed by atoms with Gasteiger partial charge < -0.3 is 4.90 Å². The molecule has 1 aliphatic rings. The first-order valence-corrected chi connectivity index (χ1v) is 12.5. The fourth-order valence-electron chi connectivity index (χ4n) is 3.71. The zero-order valence-electron chi connectivity index (χ0n) is 17.6. The molecule has 4 rings (SSSR count). The number of hydrogen-bond acceptors (Lipinski definition) is 6. The Balaban J connectivity index is 1.38. The zero-order chi connectivity index (χ0) is 22.0. The van der Waals surface area contributed by atoms with E-state index in [2.05, 4.69) is 16.0 Å². The normalized spacial score (nSPS) is 15.2. The lowest BCUT2D eigenvalue weighted by Crippen LogP contribution is -2.48. The van der Waals surface area contributed by atoms with Crippen LogP contribution in [-0.4, -0.2) is 57.2 Å². The largest absolute Gasteiger partial charge is 0.339 e. The highest BCUT2D eigenvalue weighted by Gasteiger charge is 2.23. The summed E-state index contributed by atoms with van der Waals surface area (Å²) >= 11 is 8.97. The van der Waals surface area contributed by atoms with E-state index in [1.54, 1.807) is 22.0 Å². The molecule has 0 aliphatic carbocycles. The van der Waals surface area contributed by atoms with E-state index in [4.69, 9.17) is 11.6 Å². The predicted molar refractivity (Wildman–Crippen MR) is 128 cm³/mol. The van der Waals surface area contributed by atoms with Gasteiger partial charge in [0.15, 0.2) is 5.16 Å². The lowest BCUT2D eigenvalue weighted by Gasteiger charge is -2.34. The summed E-state index contributed by atoms with van der Waals surface area (Å²) in [5.74, 6) is 0.361. The molecular weight excluding hydrogens is 452 g/mol. The second-order valence-corrected chi connectivity index (χ2v) is 10.6. The van der Waals surface area contributed by atoms with Gasteiger partial charge in [0.2, 0.25) is 5.91 Å². The van der Waals surface area contributed by atoms with Gasteiger partial charge in [0, 0.05) is 43.6 Å². The number of amides is 1. The third-order valence-electron chi connectivity index (χ3n) is 5.35. The zero-order valence-corrected chi connectivity index (χ0v) is 20.0. The Morgan fingerprint density at radius 2 is 1.90 bits per heavy atom. The maximum Gasteiger partial charge on any atom is 0.262 e. The molecule has 0 unspecified atom stereocenters. The number of aromatic nitrogens is 2. The van der Waals surface area contributed by atoms with Crippen LogP contribution in [0, 0.1) is 0 Å². The number of piperazine rings is 1. The van der Waals surface area contributed by atoms with Gasteiger partial charge in [0.1, 0.15) is 0 Å². The van der Waals surface area contributed by atoms with Gasteiger partial charge in [-0.15, -0.1) is 11.3 Å². The lowest BCUT2D eigenvalue weighted by molar-refractivity contribution is -0.130. The van der Waals surface area contributed by atoms with E-state index < -0.39 is 0 Å². The van der Waals surface area contributed by atoms with Crippen molar-refractivity contribution in [3.63, 3.8) is 0 Å². The molecule has 164 valence electrons. The monoisotopic (exact) mass is 476 g/mol. The minimum Gasteiger partial charge on any atom is -0.339 e. The van der Waals surface area contributed by atoms with Crippen LogP contribution < -0.4 is 5.56 Å². The maximum absolute atomic E-state index is 12.9. The highest BCUT2D eigenvalue weighted by atomic mass is 35.5. The molecule has 1 amide bonds. The molecule has 3 aromatic rings. The highest BCUT2D eigenvalue weighted by molar-refractivity contribution is 7.99. The van der Waals surface area contributed by atoms with Gasteiger partial charge in [-0.1, -0.05) is 35.5 Å². The average Bonchev–Trinajstić information content (AvgIpc) is 3.16. The molecule has 0 N–H and O–H groups in total. The molecule has 1 aromatic carbocycles. The number of hydrogen-bond donors (Lipinski definition) is 0. The molecule has 6 nitrogen and oxygen atoms in total. The Morgan fingerprint density at radius 3 is 2.58 bits per heavy atom. The number of carbonyl (C=O) groups is 1. The predicted octanol–water partition coefficient (Wildman–Crippen LogP) is 4.13. The first-order chi connectivity index (χ1) is 14.9. The minimum atomic E-state index is -0.0576. The fourth-order valence-corrected chi connectivity index (χ4v) is 5.87. The minimum absolute atomic E-state index is 0.0310. The summed E-state index contributed by atoms with van der Waals surface area (Å²) in [6.07, 6.45) is 0. The van der Waals surface area contributed by atoms with Crippen molar-refractivity contribution < 1.29 is 4.79 Å². The van der Waals surface area contributed by atoms with Gasteiger partial charge in [-0.3, -0.25) is 19.1 Å². The molecule has 0 saturated carbocycles. The maximum atomic E-state index is 12.9. The van der Waals surface area contributed by atoms with E-state index in [9.17, 15) is 9.59 Å². The summed E-state index contributed by atoms with van der Waals surface area (Å²) in [5.41, 5.74) is 0.611. The Kier molecular flexibility index (Phi) is 7.01. The smallest absolute Gasteiger partial charge is 0.262 e. The number of fused-ring (bicyclic) bond motifs is 1. The lowest BCUT2D eigenvalue weighted by atomic mass is 10.2. The van der Waals surface area contributed by atoms with Crippen molar-refractivity contribution in [2.45, 2.75) is 31.6 Å². The number of thioether (sulfide) groups is 1. The van der Waals surface area contributed by atoms with Crippen molar-refractivity contribution in [3.8, 4) is 0 Å². The molecule has 1 saturated heterocycles. The van der Waals surface area contributed by atoms with Crippen molar-refractivity contribution in [1.29, 1.82) is 0 Å². The molecule has 31 heavy (non-hydrogen) atoms. The SMILES string of the molecule is CC(C)n1c(SCC(=O)N2CCN(Cc3ccc(Cl)s3)CC2)nc2ccccc2c1=O. The first-order valence-electron chi connectivity index (χ1n) is 10.3. The second-order valence-electron chi connectivity index (χ2n) is 7.83. The second kappa shape index (κ2) is 9.73. The van der Waals surface area contributed by atoms with Crippen LogP contribution in [0.15, 0.2) is 46.3 Å². The molecule has 0 atom stereocenters. The number of nitrogens with zero attached hydrogens (tertiary/aromatic N) is 4. The first kappa shape index (κ1) is 22.3. The van der Waals surface area contributed by atoms with E-state index in [0.717, 1.165) is 24.0 Å². The Hall–Kier alpha value is -1.87. The van der Waals surface area contributed by atoms with Gasteiger partial charge >= 0.3 is 0 Å². The number of benzene rings is 1. The summed E-state index contributed by atoms with van der Waals surface area (Å²) in [7, 11) is 0. The quantitative estimate of drug-likeness (QED) is 0.395. The molecule has 0 bridgehead atoms. The van der Waals surface area contributed by atoms with E-state index in [1.807, 2.05) is 43.0 Å². The summed E-state index contributed by atoms with van der Waals surface area (Å²) in [6, 6.07) is 11.3. The third kappa shape index (κ3) is 5.14. The number of carbonyl (C=O) groups excluding carboxylic acids is 1. The Labute approximate surface area is 194 Å². The Morgan fingerprint density at radius 1 is 1.16 bits per heavy atom. The van der Waals surface area contributed by atoms with Crippen LogP contribution in [0.5, 0.6) is 0 Å². The molecule has 0 radical (unpaired) electrons. The van der Waals surface area contributed by atoms with Gasteiger partial charge in [0.25, 0.3) is 5.56 Å².